The van der Waals surface area contributed by atoms with Crippen LogP contribution in [0.3, 0.4) is 0 Å². The van der Waals surface area contributed by atoms with Gasteiger partial charge in [0.15, 0.2) is 0 Å². The lowest BCUT2D eigenvalue weighted by molar-refractivity contribution is -0.384. The topological polar surface area (TPSA) is 80.5 Å². The van der Waals surface area contributed by atoms with Gasteiger partial charge in [0.05, 0.1) is 22.4 Å². The lowest BCUT2D eigenvalue weighted by Crippen LogP contribution is -2.33. The van der Waals surface area contributed by atoms with Crippen molar-refractivity contribution in [1.29, 1.82) is 0 Å². The number of hydrogen-bond donors (Lipinski definition) is 0. The molecule has 4 atom stereocenters. The van der Waals surface area contributed by atoms with E-state index in [0.29, 0.717) is 0 Å². The van der Waals surface area contributed by atoms with Crippen LogP contribution >= 0.6 is 11.6 Å². The molecule has 7 heteroatoms. The van der Waals surface area contributed by atoms with Crippen molar-refractivity contribution in [1.82, 2.24) is 0 Å². The van der Waals surface area contributed by atoms with E-state index in [9.17, 15) is 19.7 Å². The Morgan fingerprint density at radius 2 is 1.31 bits per heavy atom. The molecule has 6 rings (SSSR count). The van der Waals surface area contributed by atoms with E-state index < -0.39 is 16.8 Å². The van der Waals surface area contributed by atoms with Crippen LogP contribution in [-0.2, 0) is 9.59 Å². The van der Waals surface area contributed by atoms with Gasteiger partial charge in [-0.05, 0) is 34.4 Å². The third-order valence-electron chi connectivity index (χ3n) is 7.21. The Bertz CT molecular complexity index is 1370. The smallest absolute Gasteiger partial charge is 0.274 e. The second kappa shape index (κ2) is 8.03. The van der Waals surface area contributed by atoms with Gasteiger partial charge in [0.25, 0.3) is 5.69 Å². The van der Waals surface area contributed by atoms with E-state index in [1.165, 1.54) is 18.2 Å². The number of imide groups is 1. The molecule has 2 fully saturated rings. The predicted octanol–water partition coefficient (Wildman–Crippen LogP) is 5.67. The third-order valence-corrected chi connectivity index (χ3v) is 7.53. The average molecular weight is 483 g/mol. The fourth-order valence-corrected chi connectivity index (χ4v) is 6.03. The van der Waals surface area contributed by atoms with E-state index in [-0.39, 0.29) is 40.0 Å². The number of carbonyl (C=O) groups is 2. The molecule has 2 bridgehead atoms. The highest BCUT2D eigenvalue weighted by Gasteiger charge is 2.62. The van der Waals surface area contributed by atoms with Gasteiger partial charge in [-0.15, -0.1) is 0 Å². The van der Waals surface area contributed by atoms with Crippen molar-refractivity contribution in [2.75, 3.05) is 4.90 Å². The molecule has 1 heterocycles. The molecule has 1 saturated heterocycles. The molecule has 6 nitrogen and oxygen atoms in total. The highest BCUT2D eigenvalue weighted by atomic mass is 35.5. The molecule has 0 aromatic heterocycles. The molecule has 0 spiro atoms. The van der Waals surface area contributed by atoms with Crippen LogP contribution in [-0.4, -0.2) is 16.7 Å². The second-order valence-electron chi connectivity index (χ2n) is 8.96. The van der Waals surface area contributed by atoms with Crippen molar-refractivity contribution >= 4 is 40.4 Å². The molecule has 3 aromatic carbocycles. The summed E-state index contributed by atoms with van der Waals surface area (Å²) in [6.45, 7) is 0. The summed E-state index contributed by atoms with van der Waals surface area (Å²) in [6, 6.07) is 24.1. The number of rotatable bonds is 4. The monoisotopic (exact) mass is 482 g/mol. The van der Waals surface area contributed by atoms with Crippen molar-refractivity contribution in [3.05, 3.63) is 123 Å². The van der Waals surface area contributed by atoms with Crippen LogP contribution in [0.2, 0.25) is 5.02 Å². The quantitative estimate of drug-likeness (QED) is 0.207. The normalized spacial score (nSPS) is 24.3. The first kappa shape index (κ1) is 21.5. The largest absolute Gasteiger partial charge is 0.289 e. The average Bonchev–Trinajstić information content (AvgIpc) is 3.50. The molecule has 0 unspecified atom stereocenters. The molecule has 2 aliphatic carbocycles. The van der Waals surface area contributed by atoms with Crippen molar-refractivity contribution in [3.63, 3.8) is 0 Å². The van der Waals surface area contributed by atoms with E-state index in [1.807, 2.05) is 72.8 Å². The Labute approximate surface area is 206 Å². The molecular formula is C28H19ClN2O4. The summed E-state index contributed by atoms with van der Waals surface area (Å²) in [7, 11) is 0. The third kappa shape index (κ3) is 3.17. The van der Waals surface area contributed by atoms with Crippen LogP contribution < -0.4 is 4.90 Å². The number of nitrogens with zero attached hydrogens (tertiary/aromatic N) is 2. The minimum absolute atomic E-state index is 0.0413. The molecule has 2 amide bonds. The Morgan fingerprint density at radius 3 is 1.80 bits per heavy atom. The van der Waals surface area contributed by atoms with E-state index >= 15 is 0 Å². The maximum atomic E-state index is 13.6. The molecule has 172 valence electrons. The molecular weight excluding hydrogens is 464 g/mol. The Kier molecular flexibility index (Phi) is 4.93. The maximum Gasteiger partial charge on any atom is 0.289 e. The van der Waals surface area contributed by atoms with Gasteiger partial charge < -0.3 is 0 Å². The van der Waals surface area contributed by atoms with Crippen molar-refractivity contribution in [2.45, 2.75) is 0 Å². The van der Waals surface area contributed by atoms with Gasteiger partial charge in [-0.1, -0.05) is 84.4 Å². The van der Waals surface area contributed by atoms with Crippen molar-refractivity contribution in [2.24, 2.45) is 23.7 Å². The van der Waals surface area contributed by atoms with Crippen LogP contribution in [0.4, 0.5) is 11.4 Å². The lowest BCUT2D eigenvalue weighted by atomic mass is 9.85. The van der Waals surface area contributed by atoms with Crippen LogP contribution in [0.25, 0.3) is 5.57 Å². The summed E-state index contributed by atoms with van der Waals surface area (Å²) in [5, 5.41) is 11.3. The van der Waals surface area contributed by atoms with Gasteiger partial charge in [0.1, 0.15) is 5.02 Å². The van der Waals surface area contributed by atoms with Gasteiger partial charge in [-0.3, -0.25) is 19.7 Å². The molecule has 3 aliphatic rings. The number of hydrogen-bond acceptors (Lipinski definition) is 4. The first-order chi connectivity index (χ1) is 17.0. The minimum atomic E-state index is -0.615. The number of nitro benzene ring substituents is 1. The highest BCUT2D eigenvalue weighted by Crippen LogP contribution is 2.59. The number of benzene rings is 3. The van der Waals surface area contributed by atoms with Crippen LogP contribution in [0.1, 0.15) is 11.1 Å². The summed E-state index contributed by atoms with van der Waals surface area (Å²) in [5.74, 6) is -2.17. The molecule has 1 aliphatic heterocycles. The SMILES string of the molecule is O=C1[C@@H]2[C@H](C(=O)N1c1ccc(Cl)c([N+](=O)[O-])c1)[C@H]1C=C[C@H]2C1=C(c1ccccc1)c1ccccc1. The summed E-state index contributed by atoms with van der Waals surface area (Å²) in [6.07, 6.45) is 4.07. The van der Waals surface area contributed by atoms with Crippen LogP contribution in [0, 0.1) is 33.8 Å². The molecule has 0 N–H and O–H groups in total. The summed E-state index contributed by atoms with van der Waals surface area (Å²) in [4.78, 5) is 39.1. The van der Waals surface area contributed by atoms with Gasteiger partial charge in [0.2, 0.25) is 11.8 Å². The van der Waals surface area contributed by atoms with Gasteiger partial charge in [0, 0.05) is 17.9 Å². The lowest BCUT2D eigenvalue weighted by Gasteiger charge is -2.21. The number of carbonyl (C=O) groups excluding carboxylic acids is 2. The number of anilines is 1. The van der Waals surface area contributed by atoms with Crippen molar-refractivity contribution < 1.29 is 14.5 Å². The minimum Gasteiger partial charge on any atom is -0.274 e. The Balaban J connectivity index is 1.46. The second-order valence-corrected chi connectivity index (χ2v) is 9.36. The fourth-order valence-electron chi connectivity index (χ4n) is 5.84. The highest BCUT2D eigenvalue weighted by molar-refractivity contribution is 6.33. The first-order valence-corrected chi connectivity index (χ1v) is 11.7. The number of amides is 2. The van der Waals surface area contributed by atoms with Gasteiger partial charge in [-0.25, -0.2) is 4.90 Å². The Hall–Kier alpha value is -4.03. The van der Waals surface area contributed by atoms with E-state index in [2.05, 4.69) is 0 Å². The maximum absolute atomic E-state index is 13.6. The number of fused-ring (bicyclic) bond motifs is 5. The Morgan fingerprint density at radius 1 is 0.800 bits per heavy atom. The molecule has 0 radical (unpaired) electrons. The summed E-state index contributed by atoms with van der Waals surface area (Å²) < 4.78 is 0. The van der Waals surface area contributed by atoms with Crippen molar-refractivity contribution in [3.8, 4) is 0 Å². The van der Waals surface area contributed by atoms with Crippen LogP contribution in [0.5, 0.6) is 0 Å². The fraction of sp³-hybridized carbons (Fsp3) is 0.143. The zero-order valence-corrected chi connectivity index (χ0v) is 19.1. The van der Waals surface area contributed by atoms with E-state index in [0.717, 1.165) is 27.2 Å². The summed E-state index contributed by atoms with van der Waals surface area (Å²) >= 11 is 5.95. The zero-order chi connectivity index (χ0) is 24.3. The van der Waals surface area contributed by atoms with Gasteiger partial charge >= 0.3 is 0 Å². The molecule has 35 heavy (non-hydrogen) atoms. The van der Waals surface area contributed by atoms with E-state index in [1.54, 1.807) is 0 Å². The number of allylic oxidation sites excluding steroid dienone is 3. The van der Waals surface area contributed by atoms with Crippen LogP contribution in [0.15, 0.2) is 96.6 Å². The predicted molar refractivity (Wildman–Crippen MR) is 133 cm³/mol. The zero-order valence-electron chi connectivity index (χ0n) is 18.4. The number of halogens is 1. The van der Waals surface area contributed by atoms with Gasteiger partial charge in [-0.2, -0.15) is 0 Å². The number of nitro groups is 1. The van der Waals surface area contributed by atoms with E-state index in [4.69, 9.17) is 11.6 Å². The molecule has 3 aromatic rings. The first-order valence-electron chi connectivity index (χ1n) is 11.3. The molecule has 1 saturated carbocycles. The summed E-state index contributed by atoms with van der Waals surface area (Å²) in [5.41, 5.74) is 4.06. The standard InChI is InChI=1S/C28H19ClN2O4/c29-21-14-11-18(15-22(21)31(34)35)30-27(32)25-19-12-13-20(26(25)28(30)33)24(19)23(16-7-3-1-4-8-16)17-9-5-2-6-10-17/h1-15,19-20,25-26H/t19-,20-,25-,26+/m0/s1.